The van der Waals surface area contributed by atoms with Crippen LogP contribution in [0.4, 0.5) is 24.8 Å². The molecule has 0 aliphatic heterocycles. The van der Waals surface area contributed by atoms with Crippen LogP contribution in [0.25, 0.3) is 0 Å². The summed E-state index contributed by atoms with van der Waals surface area (Å²) < 4.78 is 37.6. The Morgan fingerprint density at radius 2 is 2.05 bits per heavy atom. The van der Waals surface area contributed by atoms with Crippen LogP contribution >= 0.6 is 0 Å². The zero-order chi connectivity index (χ0) is 15.6. The van der Waals surface area contributed by atoms with E-state index in [4.69, 9.17) is 5.11 Å². The van der Waals surface area contributed by atoms with Gasteiger partial charge in [0.15, 0.2) is 0 Å². The molecule has 0 aliphatic rings. The summed E-state index contributed by atoms with van der Waals surface area (Å²) in [6.07, 6.45) is -3.68. The van der Waals surface area contributed by atoms with E-state index in [9.17, 15) is 22.8 Å². The van der Waals surface area contributed by atoms with Gasteiger partial charge in [-0.3, -0.25) is 9.78 Å². The Balaban J connectivity index is 2.29. The molecule has 0 fully saturated rings. The summed E-state index contributed by atoms with van der Waals surface area (Å²) >= 11 is 0. The quantitative estimate of drug-likeness (QED) is 0.808. The summed E-state index contributed by atoms with van der Waals surface area (Å²) in [6.45, 7) is 0. The first-order valence-electron chi connectivity index (χ1n) is 5.54. The molecule has 9 heteroatoms. The highest BCUT2D eigenvalue weighted by atomic mass is 19.4. The molecule has 6 nitrogen and oxygen atoms in total. The minimum absolute atomic E-state index is 0.0519. The van der Waals surface area contributed by atoms with Crippen LogP contribution in [-0.4, -0.2) is 21.0 Å². The lowest BCUT2D eigenvalue weighted by Gasteiger charge is -2.09. The molecule has 110 valence electrons. The van der Waals surface area contributed by atoms with Gasteiger partial charge in [-0.25, -0.2) is 9.78 Å². The molecule has 3 N–H and O–H groups in total. The summed E-state index contributed by atoms with van der Waals surface area (Å²) in [5.41, 5.74) is -2.29. The van der Waals surface area contributed by atoms with Gasteiger partial charge in [-0.15, -0.1) is 0 Å². The van der Waals surface area contributed by atoms with E-state index in [1.165, 1.54) is 12.1 Å². The van der Waals surface area contributed by atoms with Crippen molar-refractivity contribution in [2.24, 2.45) is 0 Å². The van der Waals surface area contributed by atoms with Gasteiger partial charge in [-0.05, 0) is 18.2 Å². The van der Waals surface area contributed by atoms with Gasteiger partial charge in [-0.2, -0.15) is 13.2 Å². The van der Waals surface area contributed by atoms with Crippen molar-refractivity contribution >= 4 is 17.6 Å². The highest BCUT2D eigenvalue weighted by Gasteiger charge is 2.30. The van der Waals surface area contributed by atoms with E-state index in [1.807, 2.05) is 0 Å². The lowest BCUT2D eigenvalue weighted by atomic mass is 10.2. The van der Waals surface area contributed by atoms with Gasteiger partial charge in [0.25, 0.3) is 5.56 Å². The highest BCUT2D eigenvalue weighted by molar-refractivity contribution is 5.86. The third-order valence-corrected chi connectivity index (χ3v) is 2.48. The molecular weight excluding hydrogens is 291 g/mol. The topological polar surface area (TPSA) is 95.1 Å². The fourth-order valence-corrected chi connectivity index (χ4v) is 1.52. The largest absolute Gasteiger partial charge is 0.477 e. The Hall–Kier alpha value is -2.84. The van der Waals surface area contributed by atoms with Crippen LogP contribution in [0.15, 0.2) is 35.3 Å². The Bertz CT molecular complexity index is 740. The fraction of sp³-hybridized carbons (Fsp3) is 0.0833. The number of hydrogen-bond donors (Lipinski definition) is 3. The van der Waals surface area contributed by atoms with E-state index in [0.29, 0.717) is 0 Å². The number of aromatic amines is 1. The molecule has 0 amide bonds. The number of aromatic nitrogens is 2. The highest BCUT2D eigenvalue weighted by Crippen LogP contribution is 2.30. The molecule has 2 rings (SSSR count). The van der Waals surface area contributed by atoms with Crippen molar-refractivity contribution in [3.63, 3.8) is 0 Å². The summed E-state index contributed by atoms with van der Waals surface area (Å²) in [7, 11) is 0. The molecule has 0 unspecified atom stereocenters. The molecule has 21 heavy (non-hydrogen) atoms. The fourth-order valence-electron chi connectivity index (χ4n) is 1.52. The molecule has 0 saturated carbocycles. The van der Waals surface area contributed by atoms with Gasteiger partial charge >= 0.3 is 12.1 Å². The molecule has 1 aromatic heterocycles. The molecule has 1 heterocycles. The number of halogens is 3. The second-order valence-corrected chi connectivity index (χ2v) is 3.98. The predicted octanol–water partition coefficient (Wildman–Crippen LogP) is 2.23. The van der Waals surface area contributed by atoms with E-state index in [1.54, 1.807) is 0 Å². The van der Waals surface area contributed by atoms with Gasteiger partial charge in [0.1, 0.15) is 5.56 Å². The normalized spacial score (nSPS) is 11.2. The molecule has 2 aromatic rings. The number of nitrogens with one attached hydrogen (secondary N) is 2. The zero-order valence-corrected chi connectivity index (χ0v) is 10.2. The molecule has 0 radical (unpaired) electrons. The van der Waals surface area contributed by atoms with Crippen molar-refractivity contribution < 1.29 is 23.1 Å². The molecular formula is C12H8F3N3O3. The Morgan fingerprint density at radius 1 is 1.33 bits per heavy atom. The van der Waals surface area contributed by atoms with Crippen LogP contribution in [0.3, 0.4) is 0 Å². The van der Waals surface area contributed by atoms with Gasteiger partial charge in [0.05, 0.1) is 11.8 Å². The standard InChI is InChI=1S/C12H8F3N3O3/c13-12(14,15)6-2-1-3-7(4-6)17-11-16-5-8(10(20)21)9(19)18-11/h1-5H,(H,20,21)(H2,16,17,18,19). The number of H-pyrrole nitrogens is 1. The number of nitrogens with zero attached hydrogens (tertiary/aromatic N) is 1. The molecule has 0 bridgehead atoms. The summed E-state index contributed by atoms with van der Waals surface area (Å²) in [5, 5.41) is 11.1. The summed E-state index contributed by atoms with van der Waals surface area (Å²) in [4.78, 5) is 27.8. The molecule has 0 atom stereocenters. The van der Waals surface area contributed by atoms with Gasteiger partial charge in [-0.1, -0.05) is 6.07 Å². The monoisotopic (exact) mass is 299 g/mol. The SMILES string of the molecule is O=C(O)c1cnc(Nc2cccc(C(F)(F)F)c2)[nH]c1=O. The Labute approximate surface area is 115 Å². The van der Waals surface area contributed by atoms with Crippen LogP contribution in [0, 0.1) is 0 Å². The smallest absolute Gasteiger partial charge is 0.416 e. The Morgan fingerprint density at radius 3 is 2.62 bits per heavy atom. The zero-order valence-electron chi connectivity index (χ0n) is 10.2. The van der Waals surface area contributed by atoms with Crippen molar-refractivity contribution in [3.8, 4) is 0 Å². The third kappa shape index (κ3) is 3.38. The van der Waals surface area contributed by atoms with E-state index in [0.717, 1.165) is 18.3 Å². The number of carbonyl (C=O) groups is 1. The maximum absolute atomic E-state index is 12.5. The summed E-state index contributed by atoms with van der Waals surface area (Å²) in [5.74, 6) is -1.61. The first-order chi connectivity index (χ1) is 9.77. The van der Waals surface area contributed by atoms with Crippen molar-refractivity contribution in [1.29, 1.82) is 0 Å². The van der Waals surface area contributed by atoms with E-state index in [-0.39, 0.29) is 11.6 Å². The number of aromatic carboxylic acids is 1. The second-order valence-electron chi connectivity index (χ2n) is 3.98. The van der Waals surface area contributed by atoms with Crippen molar-refractivity contribution in [1.82, 2.24) is 9.97 Å². The number of hydrogen-bond acceptors (Lipinski definition) is 4. The maximum atomic E-state index is 12.5. The second kappa shape index (κ2) is 5.27. The number of rotatable bonds is 3. The van der Waals surface area contributed by atoms with Gasteiger partial charge in [0.2, 0.25) is 5.95 Å². The average molecular weight is 299 g/mol. The van der Waals surface area contributed by atoms with Crippen LogP contribution < -0.4 is 10.9 Å². The number of anilines is 2. The summed E-state index contributed by atoms with van der Waals surface area (Å²) in [6, 6.07) is 4.27. The van der Waals surface area contributed by atoms with Gasteiger partial charge in [0, 0.05) is 5.69 Å². The van der Waals surface area contributed by atoms with E-state index < -0.39 is 28.8 Å². The van der Waals surface area contributed by atoms with Crippen LogP contribution in [0.5, 0.6) is 0 Å². The first-order valence-corrected chi connectivity index (χ1v) is 5.54. The number of carboxylic acid groups (broad SMARTS) is 1. The van der Waals surface area contributed by atoms with Crippen molar-refractivity contribution in [2.45, 2.75) is 6.18 Å². The van der Waals surface area contributed by atoms with Crippen molar-refractivity contribution in [2.75, 3.05) is 5.32 Å². The number of alkyl halides is 3. The minimum atomic E-state index is -4.49. The Kier molecular flexibility index (Phi) is 3.66. The van der Waals surface area contributed by atoms with E-state index in [2.05, 4.69) is 15.3 Å². The molecule has 0 saturated heterocycles. The van der Waals surface area contributed by atoms with Gasteiger partial charge < -0.3 is 10.4 Å². The number of benzene rings is 1. The predicted molar refractivity (Wildman–Crippen MR) is 66.5 cm³/mol. The maximum Gasteiger partial charge on any atom is 0.416 e. The van der Waals surface area contributed by atoms with Crippen LogP contribution in [0.1, 0.15) is 15.9 Å². The first kappa shape index (κ1) is 14.6. The van der Waals surface area contributed by atoms with Crippen LogP contribution in [0.2, 0.25) is 0 Å². The molecule has 0 spiro atoms. The average Bonchev–Trinajstić information content (AvgIpc) is 2.37. The number of carboxylic acids is 1. The third-order valence-electron chi connectivity index (χ3n) is 2.48. The lowest BCUT2D eigenvalue weighted by molar-refractivity contribution is -0.137. The lowest BCUT2D eigenvalue weighted by Crippen LogP contribution is -2.19. The molecule has 0 aliphatic carbocycles. The van der Waals surface area contributed by atoms with Crippen LogP contribution in [-0.2, 0) is 6.18 Å². The molecule has 1 aromatic carbocycles. The van der Waals surface area contributed by atoms with Crippen molar-refractivity contribution in [3.05, 3.63) is 51.9 Å². The minimum Gasteiger partial charge on any atom is -0.477 e. The van der Waals surface area contributed by atoms with E-state index >= 15 is 0 Å².